The molecule has 0 bridgehead atoms. The molecule has 0 saturated carbocycles. The quantitative estimate of drug-likeness (QED) is 0.434. The van der Waals surface area contributed by atoms with Crippen LogP contribution in [-0.4, -0.2) is 25.3 Å². The number of hydrogen-bond donors (Lipinski definition) is 0. The topological polar surface area (TPSA) is 61.8 Å². The molecule has 0 N–H and O–H groups in total. The van der Waals surface area contributed by atoms with Gasteiger partial charge in [0.15, 0.2) is 0 Å². The molecule has 0 unspecified atom stereocenters. The Morgan fingerprint density at radius 3 is 2.50 bits per heavy atom. The summed E-state index contributed by atoms with van der Waals surface area (Å²) >= 11 is 0. The van der Waals surface area contributed by atoms with Crippen molar-refractivity contribution < 1.29 is 23.8 Å². The van der Waals surface area contributed by atoms with E-state index in [0.29, 0.717) is 6.61 Å². The highest BCUT2D eigenvalue weighted by Crippen LogP contribution is 2.19. The molecule has 0 atom stereocenters. The Labute approximate surface area is 118 Å². The maximum absolute atomic E-state index is 11.7. The molecule has 0 fully saturated rings. The first-order valence-corrected chi connectivity index (χ1v) is 6.79. The Kier molecular flexibility index (Phi) is 7.17. The van der Waals surface area contributed by atoms with E-state index in [1.165, 1.54) is 12.1 Å². The summed E-state index contributed by atoms with van der Waals surface area (Å²) in [6.45, 7) is 4.35. The Bertz CT molecular complexity index is 442. The molecule has 1 aromatic carbocycles. The van der Waals surface area contributed by atoms with Crippen LogP contribution in [0, 0.1) is 0 Å². The zero-order valence-corrected chi connectivity index (χ0v) is 11.9. The molecule has 0 radical (unpaired) electrons. The molecule has 0 heterocycles. The third-order valence-electron chi connectivity index (χ3n) is 2.54. The minimum absolute atomic E-state index is 0.145. The molecule has 0 spiro atoms. The van der Waals surface area contributed by atoms with E-state index in [0.717, 1.165) is 19.3 Å². The van der Waals surface area contributed by atoms with Gasteiger partial charge in [0.2, 0.25) is 0 Å². The molecule has 5 heteroatoms. The van der Waals surface area contributed by atoms with E-state index in [9.17, 15) is 9.59 Å². The minimum Gasteiger partial charge on any atom is -0.462 e. The Morgan fingerprint density at radius 2 is 1.80 bits per heavy atom. The lowest BCUT2D eigenvalue weighted by Gasteiger charge is -2.09. The third-order valence-corrected chi connectivity index (χ3v) is 2.54. The predicted molar refractivity (Wildman–Crippen MR) is 73.9 cm³/mol. The average molecular weight is 280 g/mol. The van der Waals surface area contributed by atoms with Crippen LogP contribution in [0.4, 0.5) is 4.79 Å². The zero-order chi connectivity index (χ0) is 14.8. The van der Waals surface area contributed by atoms with Crippen LogP contribution in [0.5, 0.6) is 5.75 Å². The molecule has 0 amide bonds. The van der Waals surface area contributed by atoms with Crippen molar-refractivity contribution in [2.45, 2.75) is 33.1 Å². The van der Waals surface area contributed by atoms with Crippen LogP contribution >= 0.6 is 0 Å². The van der Waals surface area contributed by atoms with Gasteiger partial charge in [-0.2, -0.15) is 0 Å². The summed E-state index contributed by atoms with van der Waals surface area (Å²) in [5.41, 5.74) is 0.208. The summed E-state index contributed by atoms with van der Waals surface area (Å²) in [5.74, 6) is -0.381. The lowest BCUT2D eigenvalue weighted by Crippen LogP contribution is -2.14. The second-order valence-corrected chi connectivity index (χ2v) is 4.12. The molecule has 0 aliphatic rings. The fourth-order valence-corrected chi connectivity index (χ4v) is 1.56. The number of rotatable bonds is 7. The van der Waals surface area contributed by atoms with E-state index in [1.54, 1.807) is 19.1 Å². The van der Waals surface area contributed by atoms with Crippen LogP contribution in [0.3, 0.4) is 0 Å². The molecule has 1 aromatic rings. The van der Waals surface area contributed by atoms with Crippen molar-refractivity contribution >= 4 is 12.1 Å². The highest BCUT2D eigenvalue weighted by atomic mass is 16.7. The van der Waals surface area contributed by atoms with E-state index in [4.69, 9.17) is 14.2 Å². The van der Waals surface area contributed by atoms with E-state index in [2.05, 4.69) is 6.92 Å². The van der Waals surface area contributed by atoms with Gasteiger partial charge in [-0.15, -0.1) is 0 Å². The summed E-state index contributed by atoms with van der Waals surface area (Å²) < 4.78 is 14.9. The number of unbranched alkanes of at least 4 members (excludes halogenated alkanes) is 2. The summed E-state index contributed by atoms with van der Waals surface area (Å²) in [6.07, 6.45) is 2.03. The lowest BCUT2D eigenvalue weighted by molar-refractivity contribution is 0.0520. The van der Waals surface area contributed by atoms with Gasteiger partial charge >= 0.3 is 12.1 Å². The van der Waals surface area contributed by atoms with Crippen LogP contribution in [0.2, 0.25) is 0 Å². The first kappa shape index (κ1) is 16.0. The van der Waals surface area contributed by atoms with Gasteiger partial charge in [-0.25, -0.2) is 9.59 Å². The molecule has 5 nitrogen and oxygen atoms in total. The highest BCUT2D eigenvalue weighted by Gasteiger charge is 2.16. The molecule has 0 saturated heterocycles. The second kappa shape index (κ2) is 8.96. The number of ether oxygens (including phenoxy) is 3. The van der Waals surface area contributed by atoms with Crippen LogP contribution < -0.4 is 4.74 Å². The summed E-state index contributed by atoms with van der Waals surface area (Å²) in [4.78, 5) is 23.2. The molecule has 0 aliphatic carbocycles. The van der Waals surface area contributed by atoms with Crippen molar-refractivity contribution in [1.82, 2.24) is 0 Å². The average Bonchev–Trinajstić information content (AvgIpc) is 2.44. The molecule has 0 aromatic heterocycles. The third kappa shape index (κ3) is 5.30. The molecule has 1 rings (SSSR count). The van der Waals surface area contributed by atoms with E-state index < -0.39 is 12.1 Å². The maximum atomic E-state index is 11.7. The van der Waals surface area contributed by atoms with Gasteiger partial charge in [-0.3, -0.25) is 0 Å². The minimum atomic E-state index is -0.808. The number of carbonyl (C=O) groups is 2. The van der Waals surface area contributed by atoms with Gasteiger partial charge < -0.3 is 14.2 Å². The fourth-order valence-electron chi connectivity index (χ4n) is 1.56. The Hall–Kier alpha value is -2.04. The summed E-state index contributed by atoms with van der Waals surface area (Å²) in [5, 5.41) is 0. The molecular formula is C15H20O5. The van der Waals surface area contributed by atoms with Crippen molar-refractivity contribution in [3.63, 3.8) is 0 Å². The van der Waals surface area contributed by atoms with Gasteiger partial charge in [-0.05, 0) is 25.5 Å². The van der Waals surface area contributed by atoms with Crippen LogP contribution in [0.15, 0.2) is 24.3 Å². The first-order chi connectivity index (χ1) is 9.69. The molecular weight excluding hydrogens is 260 g/mol. The van der Waals surface area contributed by atoms with Gasteiger partial charge in [0.1, 0.15) is 11.3 Å². The zero-order valence-electron chi connectivity index (χ0n) is 11.9. The van der Waals surface area contributed by atoms with Gasteiger partial charge in [-0.1, -0.05) is 31.9 Å². The monoisotopic (exact) mass is 280 g/mol. The van der Waals surface area contributed by atoms with Gasteiger partial charge in [0, 0.05) is 0 Å². The molecule has 20 heavy (non-hydrogen) atoms. The molecule has 110 valence electrons. The normalized spacial score (nSPS) is 9.90. The number of para-hydroxylation sites is 1. The highest BCUT2D eigenvalue weighted by molar-refractivity contribution is 5.93. The molecule has 0 aliphatic heterocycles. The van der Waals surface area contributed by atoms with Crippen molar-refractivity contribution in [1.29, 1.82) is 0 Å². The van der Waals surface area contributed by atoms with Crippen molar-refractivity contribution in [3.8, 4) is 5.75 Å². The van der Waals surface area contributed by atoms with E-state index >= 15 is 0 Å². The van der Waals surface area contributed by atoms with E-state index in [1.807, 2.05) is 0 Å². The van der Waals surface area contributed by atoms with E-state index in [-0.39, 0.29) is 17.9 Å². The smallest absolute Gasteiger partial charge is 0.462 e. The Balaban J connectivity index is 2.58. The van der Waals surface area contributed by atoms with Gasteiger partial charge in [0.05, 0.1) is 13.2 Å². The van der Waals surface area contributed by atoms with Crippen molar-refractivity contribution in [3.05, 3.63) is 29.8 Å². The first-order valence-electron chi connectivity index (χ1n) is 6.79. The van der Waals surface area contributed by atoms with Crippen LogP contribution in [-0.2, 0) is 9.47 Å². The van der Waals surface area contributed by atoms with Crippen molar-refractivity contribution in [2.75, 3.05) is 13.2 Å². The van der Waals surface area contributed by atoms with Gasteiger partial charge in [0.25, 0.3) is 0 Å². The SMILES string of the molecule is CCCCCOC(=O)Oc1ccccc1C(=O)OCC. The summed E-state index contributed by atoms with van der Waals surface area (Å²) in [6, 6.07) is 6.41. The second-order valence-electron chi connectivity index (χ2n) is 4.12. The number of benzene rings is 1. The number of esters is 1. The maximum Gasteiger partial charge on any atom is 0.513 e. The lowest BCUT2D eigenvalue weighted by atomic mass is 10.2. The van der Waals surface area contributed by atoms with Crippen LogP contribution in [0.1, 0.15) is 43.5 Å². The summed E-state index contributed by atoms with van der Waals surface area (Å²) in [7, 11) is 0. The van der Waals surface area contributed by atoms with Crippen LogP contribution in [0.25, 0.3) is 0 Å². The van der Waals surface area contributed by atoms with Crippen molar-refractivity contribution in [2.24, 2.45) is 0 Å². The largest absolute Gasteiger partial charge is 0.513 e. The number of carbonyl (C=O) groups excluding carboxylic acids is 2. The fraction of sp³-hybridized carbons (Fsp3) is 0.467. The standard InChI is InChI=1S/C15H20O5/c1-3-5-8-11-19-15(17)20-13-10-7-6-9-12(13)14(16)18-4-2/h6-7,9-10H,3-5,8,11H2,1-2H3. The number of hydrogen-bond acceptors (Lipinski definition) is 5. The Morgan fingerprint density at radius 1 is 1.05 bits per heavy atom. The predicted octanol–water partition coefficient (Wildman–Crippen LogP) is 3.57.